The smallest absolute Gasteiger partial charge is 0.231 e. The van der Waals surface area contributed by atoms with Gasteiger partial charge in [-0.15, -0.1) is 0 Å². The number of ketones is 1. The second kappa shape index (κ2) is 6.88. The Morgan fingerprint density at radius 2 is 2.04 bits per heavy atom. The van der Waals surface area contributed by atoms with E-state index in [1.54, 1.807) is 24.3 Å². The van der Waals surface area contributed by atoms with Crippen molar-refractivity contribution in [3.05, 3.63) is 59.4 Å². The van der Waals surface area contributed by atoms with Crippen LogP contribution in [0.5, 0.6) is 17.2 Å². The number of carbonyl (C=O) groups excluding carboxylic acids is 1. The van der Waals surface area contributed by atoms with Crippen LogP contribution in [0.3, 0.4) is 0 Å². The molecular weight excluding hydrogens is 306 g/mol. The number of ether oxygens (including phenoxy) is 3. The number of para-hydroxylation sites is 1. The SMILES string of the molecule is CCOc1ccccc1C=C1Oc2cc(OCC#N)ccc2C1=O. The van der Waals surface area contributed by atoms with Gasteiger partial charge in [-0.3, -0.25) is 4.79 Å². The predicted molar refractivity (Wildman–Crippen MR) is 88.1 cm³/mol. The van der Waals surface area contributed by atoms with Crippen molar-refractivity contribution < 1.29 is 19.0 Å². The lowest BCUT2D eigenvalue weighted by molar-refractivity contribution is 0.101. The lowest BCUT2D eigenvalue weighted by Crippen LogP contribution is -1.99. The molecule has 1 aliphatic heterocycles. The minimum Gasteiger partial charge on any atom is -0.493 e. The van der Waals surface area contributed by atoms with Crippen molar-refractivity contribution >= 4 is 11.9 Å². The number of hydrogen-bond donors (Lipinski definition) is 0. The topological polar surface area (TPSA) is 68.6 Å². The third kappa shape index (κ3) is 3.08. The first-order chi connectivity index (χ1) is 11.7. The first-order valence-electron chi connectivity index (χ1n) is 7.52. The van der Waals surface area contributed by atoms with E-state index in [9.17, 15) is 4.79 Å². The molecule has 2 aromatic rings. The molecule has 0 aliphatic carbocycles. The van der Waals surface area contributed by atoms with Crippen LogP contribution in [0.2, 0.25) is 0 Å². The minimum atomic E-state index is -0.192. The van der Waals surface area contributed by atoms with Gasteiger partial charge in [0.15, 0.2) is 12.4 Å². The molecule has 0 spiro atoms. The molecule has 5 heteroatoms. The summed E-state index contributed by atoms with van der Waals surface area (Å²) in [7, 11) is 0. The number of carbonyl (C=O) groups is 1. The number of allylic oxidation sites excluding steroid dienone is 1. The van der Waals surface area contributed by atoms with Gasteiger partial charge in [-0.25, -0.2) is 0 Å². The van der Waals surface area contributed by atoms with Gasteiger partial charge in [-0.2, -0.15) is 5.26 Å². The maximum absolute atomic E-state index is 12.5. The summed E-state index contributed by atoms with van der Waals surface area (Å²) >= 11 is 0. The van der Waals surface area contributed by atoms with Crippen LogP contribution in [-0.4, -0.2) is 19.0 Å². The Morgan fingerprint density at radius 3 is 2.83 bits per heavy atom. The Labute approximate surface area is 139 Å². The van der Waals surface area contributed by atoms with E-state index in [4.69, 9.17) is 19.5 Å². The van der Waals surface area contributed by atoms with Crippen molar-refractivity contribution in [3.8, 4) is 23.3 Å². The summed E-state index contributed by atoms with van der Waals surface area (Å²) in [6, 6.07) is 14.2. The van der Waals surface area contributed by atoms with Crippen molar-refractivity contribution in [2.45, 2.75) is 6.92 Å². The van der Waals surface area contributed by atoms with E-state index >= 15 is 0 Å². The molecule has 0 fully saturated rings. The first-order valence-corrected chi connectivity index (χ1v) is 7.52. The second-order valence-electron chi connectivity index (χ2n) is 5.02. The molecule has 0 atom stereocenters. The summed E-state index contributed by atoms with van der Waals surface area (Å²) < 4.78 is 16.5. The van der Waals surface area contributed by atoms with Crippen LogP contribution in [0.4, 0.5) is 0 Å². The van der Waals surface area contributed by atoms with Crippen LogP contribution in [0.25, 0.3) is 6.08 Å². The molecule has 0 saturated carbocycles. The zero-order valence-corrected chi connectivity index (χ0v) is 13.1. The molecule has 5 nitrogen and oxygen atoms in total. The van der Waals surface area contributed by atoms with Gasteiger partial charge in [-0.05, 0) is 31.2 Å². The average Bonchev–Trinajstić information content (AvgIpc) is 2.90. The standard InChI is InChI=1S/C19H15NO4/c1-2-22-16-6-4-3-5-13(16)11-18-19(21)15-8-7-14(23-10-9-20)12-17(15)24-18/h3-8,11-12H,2,10H2,1H3. The summed E-state index contributed by atoms with van der Waals surface area (Å²) in [4.78, 5) is 12.5. The molecule has 0 bridgehead atoms. The van der Waals surface area contributed by atoms with Gasteiger partial charge in [-0.1, -0.05) is 18.2 Å². The van der Waals surface area contributed by atoms with E-state index in [0.717, 1.165) is 5.56 Å². The van der Waals surface area contributed by atoms with Crippen molar-refractivity contribution in [1.29, 1.82) is 5.26 Å². The van der Waals surface area contributed by atoms with E-state index in [1.807, 2.05) is 37.3 Å². The fourth-order valence-corrected chi connectivity index (χ4v) is 2.40. The number of benzene rings is 2. The Morgan fingerprint density at radius 1 is 1.21 bits per heavy atom. The molecule has 1 aliphatic rings. The van der Waals surface area contributed by atoms with E-state index in [2.05, 4.69) is 0 Å². The highest BCUT2D eigenvalue weighted by Crippen LogP contribution is 2.35. The summed E-state index contributed by atoms with van der Waals surface area (Å²) in [5.74, 6) is 1.64. The molecular formula is C19H15NO4. The number of Topliss-reactive ketones (excluding diaryl/α,β-unsaturated/α-hetero) is 1. The number of fused-ring (bicyclic) bond motifs is 1. The molecule has 3 rings (SSSR count). The Kier molecular flexibility index (Phi) is 4.48. The predicted octanol–water partition coefficient (Wildman–Crippen LogP) is 3.60. The third-order valence-electron chi connectivity index (χ3n) is 3.45. The average molecular weight is 321 g/mol. The molecule has 1 heterocycles. The zero-order chi connectivity index (χ0) is 16.9. The van der Waals surface area contributed by atoms with Crippen LogP contribution in [0.1, 0.15) is 22.8 Å². The Hall–Kier alpha value is -3.26. The molecule has 0 unspecified atom stereocenters. The number of hydrogen-bond acceptors (Lipinski definition) is 5. The molecule has 120 valence electrons. The van der Waals surface area contributed by atoms with Gasteiger partial charge in [0.05, 0.1) is 12.2 Å². The zero-order valence-electron chi connectivity index (χ0n) is 13.1. The minimum absolute atomic E-state index is 0.0584. The molecule has 0 radical (unpaired) electrons. The van der Waals surface area contributed by atoms with Crippen LogP contribution < -0.4 is 14.2 Å². The number of rotatable bonds is 5. The van der Waals surface area contributed by atoms with Crippen LogP contribution in [-0.2, 0) is 0 Å². The maximum Gasteiger partial charge on any atom is 0.231 e. The highest BCUT2D eigenvalue weighted by molar-refractivity contribution is 6.14. The van der Waals surface area contributed by atoms with Gasteiger partial charge in [0.2, 0.25) is 5.78 Å². The number of nitriles is 1. The van der Waals surface area contributed by atoms with Gasteiger partial charge in [0.25, 0.3) is 0 Å². The molecule has 0 amide bonds. The molecule has 0 aromatic heterocycles. The van der Waals surface area contributed by atoms with Crippen molar-refractivity contribution in [1.82, 2.24) is 0 Å². The monoisotopic (exact) mass is 321 g/mol. The lowest BCUT2D eigenvalue weighted by atomic mass is 10.1. The van der Waals surface area contributed by atoms with E-state index < -0.39 is 0 Å². The summed E-state index contributed by atoms with van der Waals surface area (Å²) in [5, 5.41) is 8.56. The van der Waals surface area contributed by atoms with E-state index in [0.29, 0.717) is 29.4 Å². The highest BCUT2D eigenvalue weighted by Gasteiger charge is 2.28. The van der Waals surface area contributed by atoms with Gasteiger partial charge in [0.1, 0.15) is 23.3 Å². The summed E-state index contributed by atoms with van der Waals surface area (Å²) in [6.07, 6.45) is 1.67. The fraction of sp³-hybridized carbons (Fsp3) is 0.158. The third-order valence-corrected chi connectivity index (χ3v) is 3.45. The van der Waals surface area contributed by atoms with Crippen LogP contribution in [0.15, 0.2) is 48.2 Å². The van der Waals surface area contributed by atoms with E-state index in [-0.39, 0.29) is 18.1 Å². The highest BCUT2D eigenvalue weighted by atomic mass is 16.5. The van der Waals surface area contributed by atoms with Crippen molar-refractivity contribution in [2.75, 3.05) is 13.2 Å². The van der Waals surface area contributed by atoms with E-state index in [1.165, 1.54) is 0 Å². The maximum atomic E-state index is 12.5. The molecule has 24 heavy (non-hydrogen) atoms. The molecule has 2 aromatic carbocycles. The van der Waals surface area contributed by atoms with Gasteiger partial charge in [0, 0.05) is 11.6 Å². The van der Waals surface area contributed by atoms with Crippen molar-refractivity contribution in [3.63, 3.8) is 0 Å². The quantitative estimate of drug-likeness (QED) is 0.787. The second-order valence-corrected chi connectivity index (χ2v) is 5.02. The summed E-state index contributed by atoms with van der Waals surface area (Å²) in [5.41, 5.74) is 1.25. The normalized spacial score (nSPS) is 14.0. The Balaban J connectivity index is 1.89. The van der Waals surface area contributed by atoms with Crippen molar-refractivity contribution in [2.24, 2.45) is 0 Å². The number of nitrogens with zero attached hydrogens (tertiary/aromatic N) is 1. The van der Waals surface area contributed by atoms with Gasteiger partial charge < -0.3 is 14.2 Å². The Bertz CT molecular complexity index is 849. The molecule has 0 saturated heterocycles. The lowest BCUT2D eigenvalue weighted by Gasteiger charge is -2.07. The van der Waals surface area contributed by atoms with Crippen LogP contribution >= 0.6 is 0 Å². The summed E-state index contributed by atoms with van der Waals surface area (Å²) in [6.45, 7) is 2.38. The fourth-order valence-electron chi connectivity index (χ4n) is 2.40. The van der Waals surface area contributed by atoms with Gasteiger partial charge >= 0.3 is 0 Å². The largest absolute Gasteiger partial charge is 0.493 e. The first kappa shape index (κ1) is 15.6. The molecule has 0 N–H and O–H groups in total. The van der Waals surface area contributed by atoms with Crippen LogP contribution in [0, 0.1) is 11.3 Å².